The topological polar surface area (TPSA) is 71.4 Å². The molecule has 6 rings (SSSR count). The highest BCUT2D eigenvalue weighted by atomic mass is 32.1. The number of anilines is 2. The zero-order chi connectivity index (χ0) is 26.9. The number of rotatable bonds is 6. The minimum Gasteiger partial charge on any atom is -0.495 e. The summed E-state index contributed by atoms with van der Waals surface area (Å²) in [6.07, 6.45) is 3.87. The third-order valence-electron chi connectivity index (χ3n) is 6.96. The molecule has 2 N–H and O–H groups in total. The van der Waals surface area contributed by atoms with Crippen LogP contribution in [0.1, 0.15) is 30.4 Å². The van der Waals surface area contributed by atoms with Crippen molar-refractivity contribution in [3.05, 3.63) is 115 Å². The molecule has 1 saturated heterocycles. The first kappa shape index (κ1) is 24.6. The van der Waals surface area contributed by atoms with E-state index in [-0.39, 0.29) is 18.0 Å². The van der Waals surface area contributed by atoms with E-state index in [2.05, 4.69) is 79.8 Å². The van der Waals surface area contributed by atoms with Crippen LogP contribution in [0.5, 0.6) is 5.75 Å². The van der Waals surface area contributed by atoms with Crippen molar-refractivity contribution in [2.75, 3.05) is 17.3 Å². The lowest BCUT2D eigenvalue weighted by Gasteiger charge is -2.29. The number of carbonyl (C=O) groups excluding carboxylic acids is 1. The summed E-state index contributed by atoms with van der Waals surface area (Å²) in [6.45, 7) is 1.48. The quantitative estimate of drug-likeness (QED) is 0.255. The molecule has 0 spiro atoms. The molecular weight excluding hydrogens is 506 g/mol. The number of pyridine rings is 1. The molecule has 39 heavy (non-hydrogen) atoms. The van der Waals surface area contributed by atoms with E-state index >= 15 is 0 Å². The molecule has 0 saturated carbocycles. The van der Waals surface area contributed by atoms with E-state index in [0.717, 1.165) is 22.8 Å². The second kappa shape index (κ2) is 10.2. The van der Waals surface area contributed by atoms with E-state index in [4.69, 9.17) is 17.0 Å². The first-order chi connectivity index (χ1) is 19.0. The Morgan fingerprint density at radius 2 is 1.74 bits per heavy atom. The highest BCUT2D eigenvalue weighted by Crippen LogP contribution is 2.44. The highest BCUT2D eigenvalue weighted by Gasteiger charge is 2.42. The fourth-order valence-electron chi connectivity index (χ4n) is 5.26. The maximum atomic E-state index is 11.9. The second-order valence-electron chi connectivity index (χ2n) is 9.40. The number of hydrogen-bond donors (Lipinski definition) is 2. The average molecular weight is 534 g/mol. The first-order valence-corrected chi connectivity index (χ1v) is 13.1. The summed E-state index contributed by atoms with van der Waals surface area (Å²) in [5, 5.41) is 9.32. The Hall–Kier alpha value is -4.69. The molecule has 1 amide bonds. The molecule has 0 radical (unpaired) electrons. The van der Waals surface area contributed by atoms with Crippen LogP contribution in [0.2, 0.25) is 0 Å². The van der Waals surface area contributed by atoms with Crippen molar-refractivity contribution < 1.29 is 9.53 Å². The normalized spacial score (nSPS) is 16.8. The third kappa shape index (κ3) is 4.59. The van der Waals surface area contributed by atoms with Gasteiger partial charge in [0.2, 0.25) is 5.91 Å². The molecule has 1 fully saturated rings. The number of thiocarbonyl (C=S) groups is 1. The molecule has 0 unspecified atom stereocenters. The Labute approximate surface area is 232 Å². The van der Waals surface area contributed by atoms with E-state index in [0.29, 0.717) is 16.5 Å². The monoisotopic (exact) mass is 533 g/mol. The molecule has 194 valence electrons. The van der Waals surface area contributed by atoms with Gasteiger partial charge < -0.3 is 24.8 Å². The molecule has 1 aliphatic rings. The van der Waals surface area contributed by atoms with Gasteiger partial charge in [-0.15, -0.1) is 0 Å². The lowest BCUT2D eigenvalue weighted by molar-refractivity contribution is -0.114. The maximum absolute atomic E-state index is 11.9. The van der Waals surface area contributed by atoms with Crippen LogP contribution in [0.15, 0.2) is 103 Å². The molecule has 2 atom stereocenters. The third-order valence-corrected chi connectivity index (χ3v) is 7.28. The molecule has 5 aromatic rings. The van der Waals surface area contributed by atoms with E-state index in [1.165, 1.54) is 17.7 Å². The molecule has 7 nitrogen and oxygen atoms in total. The number of methoxy groups -OCH3 is 1. The number of nitrogens with one attached hydrogen (secondary N) is 2. The Balaban J connectivity index is 1.50. The summed E-state index contributed by atoms with van der Waals surface area (Å²) in [7, 11) is 1.58. The first-order valence-electron chi connectivity index (χ1n) is 12.7. The van der Waals surface area contributed by atoms with E-state index in [9.17, 15) is 4.79 Å². The molecule has 8 heteroatoms. The molecular formula is C31H27N5O2S. The van der Waals surface area contributed by atoms with E-state index < -0.39 is 0 Å². The van der Waals surface area contributed by atoms with Gasteiger partial charge in [-0.3, -0.25) is 9.78 Å². The van der Waals surface area contributed by atoms with Gasteiger partial charge in [-0.2, -0.15) is 0 Å². The summed E-state index contributed by atoms with van der Waals surface area (Å²) in [4.78, 5) is 18.7. The smallest absolute Gasteiger partial charge is 0.221 e. The minimum absolute atomic E-state index is 0.180. The molecule has 3 aromatic carbocycles. The summed E-state index contributed by atoms with van der Waals surface area (Å²) < 4.78 is 7.70. The molecule has 2 aromatic heterocycles. The number of benzene rings is 3. The van der Waals surface area contributed by atoms with Gasteiger partial charge in [0.15, 0.2) is 5.11 Å². The molecule has 0 aliphatic carbocycles. The fraction of sp³-hybridized carbons (Fsp3) is 0.129. The summed E-state index contributed by atoms with van der Waals surface area (Å²) >= 11 is 5.93. The van der Waals surface area contributed by atoms with Crippen LogP contribution < -0.4 is 20.3 Å². The van der Waals surface area contributed by atoms with Crippen LogP contribution in [0.3, 0.4) is 0 Å². The molecule has 3 heterocycles. The predicted molar refractivity (Wildman–Crippen MR) is 159 cm³/mol. The highest BCUT2D eigenvalue weighted by molar-refractivity contribution is 7.80. The van der Waals surface area contributed by atoms with Crippen LogP contribution in [-0.2, 0) is 4.79 Å². The van der Waals surface area contributed by atoms with Gasteiger partial charge in [0.25, 0.3) is 0 Å². The Morgan fingerprint density at radius 1 is 0.949 bits per heavy atom. The van der Waals surface area contributed by atoms with Crippen molar-refractivity contribution in [2.45, 2.75) is 19.0 Å². The molecule has 1 aliphatic heterocycles. The van der Waals surface area contributed by atoms with Crippen molar-refractivity contribution in [3.8, 4) is 11.4 Å². The summed E-state index contributed by atoms with van der Waals surface area (Å²) in [6, 6.07) is 30.1. The lowest BCUT2D eigenvalue weighted by Crippen LogP contribution is -2.30. The van der Waals surface area contributed by atoms with Crippen LogP contribution >= 0.6 is 12.2 Å². The summed E-state index contributed by atoms with van der Waals surface area (Å²) in [5.41, 5.74) is 4.39. The number of aromatic nitrogens is 2. The number of hydrogen-bond acceptors (Lipinski definition) is 4. The summed E-state index contributed by atoms with van der Waals surface area (Å²) in [5.74, 6) is 0.394. The van der Waals surface area contributed by atoms with Crippen molar-refractivity contribution in [1.82, 2.24) is 14.9 Å². The lowest BCUT2D eigenvalue weighted by atomic mass is 10.0. The number of ether oxygens (including phenoxy) is 1. The van der Waals surface area contributed by atoms with Gasteiger partial charge in [-0.25, -0.2) is 0 Å². The Kier molecular flexibility index (Phi) is 6.46. The van der Waals surface area contributed by atoms with Gasteiger partial charge in [0.1, 0.15) is 11.8 Å². The van der Waals surface area contributed by atoms with E-state index in [1.807, 2.05) is 42.5 Å². The average Bonchev–Trinajstić information content (AvgIpc) is 3.57. The number of fused-ring (bicyclic) bond motifs is 1. The van der Waals surface area contributed by atoms with Gasteiger partial charge in [0, 0.05) is 36.4 Å². The fourth-order valence-corrected chi connectivity index (χ4v) is 5.61. The van der Waals surface area contributed by atoms with Crippen molar-refractivity contribution in [3.63, 3.8) is 0 Å². The maximum Gasteiger partial charge on any atom is 0.221 e. The van der Waals surface area contributed by atoms with Crippen LogP contribution in [0, 0.1) is 0 Å². The van der Waals surface area contributed by atoms with Crippen molar-refractivity contribution in [2.24, 2.45) is 0 Å². The standard InChI is InChI=1S/C31H27N5O2S/c1-20(37)33-26-19-24(14-15-28(26)38-2)36-30(29(34-31(36)39)25-10-5-6-16-32-25)27-11-7-17-35(27)23-13-12-21-8-3-4-9-22(21)18-23/h3-19,29-30H,1-2H3,(H,33,37)(H,34,39)/t29-,30+/m0/s1. The predicted octanol–water partition coefficient (Wildman–Crippen LogP) is 6.17. The zero-order valence-corrected chi connectivity index (χ0v) is 22.4. The van der Waals surface area contributed by atoms with Gasteiger partial charge in [-0.05, 0) is 77.6 Å². The van der Waals surface area contributed by atoms with Gasteiger partial charge >= 0.3 is 0 Å². The van der Waals surface area contributed by atoms with Gasteiger partial charge in [-0.1, -0.05) is 36.4 Å². The number of amides is 1. The Bertz CT molecular complexity index is 1680. The van der Waals surface area contributed by atoms with Crippen LogP contribution in [-0.4, -0.2) is 27.7 Å². The zero-order valence-electron chi connectivity index (χ0n) is 21.5. The SMILES string of the molecule is COc1ccc(N2C(=S)N[C@@H](c3ccccn3)[C@H]2c2cccn2-c2ccc3ccccc3c2)cc1NC(C)=O. The minimum atomic E-state index is -0.229. The Morgan fingerprint density at radius 3 is 2.51 bits per heavy atom. The van der Waals surface area contributed by atoms with Crippen molar-refractivity contribution in [1.29, 1.82) is 0 Å². The number of nitrogens with zero attached hydrogens (tertiary/aromatic N) is 3. The van der Waals surface area contributed by atoms with E-state index in [1.54, 1.807) is 13.3 Å². The second-order valence-corrected chi connectivity index (χ2v) is 9.78. The van der Waals surface area contributed by atoms with Crippen LogP contribution in [0.25, 0.3) is 16.5 Å². The van der Waals surface area contributed by atoms with Crippen LogP contribution in [0.4, 0.5) is 11.4 Å². The largest absolute Gasteiger partial charge is 0.495 e. The van der Waals surface area contributed by atoms with Gasteiger partial charge in [0.05, 0.1) is 24.5 Å². The molecule has 0 bridgehead atoms. The number of carbonyl (C=O) groups is 1. The van der Waals surface area contributed by atoms with Crippen molar-refractivity contribution >= 4 is 45.4 Å².